The molecule has 0 aliphatic heterocycles. The molecule has 0 amide bonds. The fourth-order valence-corrected chi connectivity index (χ4v) is 3.59. The van der Waals surface area contributed by atoms with Crippen molar-refractivity contribution in [2.24, 2.45) is 0 Å². The molecule has 0 fully saturated rings. The number of fused-ring (bicyclic) bond motifs is 1. The van der Waals surface area contributed by atoms with E-state index in [4.69, 9.17) is 4.98 Å². The zero-order valence-corrected chi connectivity index (χ0v) is 17.7. The summed E-state index contributed by atoms with van der Waals surface area (Å²) in [4.78, 5) is 4.91. The van der Waals surface area contributed by atoms with Crippen LogP contribution in [0.25, 0.3) is 22.2 Å². The minimum atomic E-state index is -0.291. The van der Waals surface area contributed by atoms with Gasteiger partial charge in [-0.3, -0.25) is 0 Å². The van der Waals surface area contributed by atoms with Crippen LogP contribution in [0.3, 0.4) is 0 Å². The first kappa shape index (κ1) is 20.3. The molecule has 0 spiro atoms. The Morgan fingerprint density at radius 1 is 0.515 bits per heavy atom. The van der Waals surface area contributed by atoms with Crippen LogP contribution in [0.1, 0.15) is 22.3 Å². The van der Waals surface area contributed by atoms with Gasteiger partial charge in [0, 0.05) is 22.1 Å². The number of aromatic nitrogens is 1. The van der Waals surface area contributed by atoms with Crippen molar-refractivity contribution in [2.75, 3.05) is 0 Å². The average Bonchev–Trinajstić information content (AvgIpc) is 2.87. The Morgan fingerprint density at radius 2 is 1.06 bits per heavy atom. The molecule has 33 heavy (non-hydrogen) atoms. The highest BCUT2D eigenvalue weighted by Gasteiger charge is 2.14. The number of nitrogens with zero attached hydrogens (tertiary/aromatic N) is 1. The van der Waals surface area contributed by atoms with E-state index >= 15 is 0 Å². The van der Waals surface area contributed by atoms with Crippen LogP contribution in [-0.2, 0) is 0 Å². The second kappa shape index (κ2) is 9.23. The molecule has 0 atom stereocenters. The van der Waals surface area contributed by atoms with Crippen LogP contribution in [0.4, 0.5) is 4.39 Å². The Hall–Kier alpha value is -4.66. The zero-order valence-electron chi connectivity index (χ0n) is 17.7. The van der Waals surface area contributed by atoms with E-state index in [1.54, 1.807) is 12.1 Å². The van der Waals surface area contributed by atoms with Crippen molar-refractivity contribution in [1.82, 2.24) is 4.98 Å². The monoisotopic (exact) mass is 423 g/mol. The number of hydrogen-bond acceptors (Lipinski definition) is 1. The summed E-state index contributed by atoms with van der Waals surface area (Å²) in [5.41, 5.74) is 5.66. The molecule has 5 aromatic rings. The summed E-state index contributed by atoms with van der Waals surface area (Å²) in [7, 11) is 0. The van der Waals surface area contributed by atoms with Gasteiger partial charge >= 0.3 is 0 Å². The van der Waals surface area contributed by atoms with Crippen molar-refractivity contribution in [1.29, 1.82) is 0 Å². The van der Waals surface area contributed by atoms with Crippen molar-refractivity contribution < 1.29 is 4.39 Å². The number of halogens is 1. The highest BCUT2D eigenvalue weighted by atomic mass is 19.1. The minimum Gasteiger partial charge on any atom is -0.246 e. The normalized spacial score (nSPS) is 10.1. The van der Waals surface area contributed by atoms with Gasteiger partial charge in [-0.1, -0.05) is 78.3 Å². The third-order valence-corrected chi connectivity index (χ3v) is 5.22. The zero-order chi connectivity index (χ0) is 22.5. The van der Waals surface area contributed by atoms with Crippen LogP contribution >= 0.6 is 0 Å². The van der Waals surface area contributed by atoms with Crippen LogP contribution in [-0.4, -0.2) is 4.98 Å². The SMILES string of the molecule is Fc1ccc(-c2nc3ccccc3c(C#Cc3ccccc3)c2C#Cc2ccccc2)cc1. The largest absolute Gasteiger partial charge is 0.246 e. The highest BCUT2D eigenvalue weighted by molar-refractivity contribution is 5.92. The van der Waals surface area contributed by atoms with E-state index in [9.17, 15) is 4.39 Å². The fourth-order valence-electron chi connectivity index (χ4n) is 3.59. The maximum absolute atomic E-state index is 13.6. The molecular formula is C31H18FN. The van der Waals surface area contributed by atoms with Gasteiger partial charge in [0.15, 0.2) is 0 Å². The molecule has 0 N–H and O–H groups in total. The lowest BCUT2D eigenvalue weighted by Crippen LogP contribution is -1.97. The molecule has 0 unspecified atom stereocenters. The standard InChI is InChI=1S/C31H18FN/c32-26-19-17-25(18-20-26)31-29(22-16-24-11-5-2-6-12-24)27(21-15-23-9-3-1-4-10-23)28-13-7-8-14-30(28)33-31/h1-14,17-20H. The lowest BCUT2D eigenvalue weighted by molar-refractivity contribution is 0.628. The average molecular weight is 423 g/mol. The van der Waals surface area contributed by atoms with Crippen LogP contribution in [0.2, 0.25) is 0 Å². The molecule has 0 bridgehead atoms. The first-order valence-electron chi connectivity index (χ1n) is 10.6. The van der Waals surface area contributed by atoms with Crippen molar-refractivity contribution in [2.45, 2.75) is 0 Å². The molecule has 0 saturated carbocycles. The van der Waals surface area contributed by atoms with Crippen LogP contribution < -0.4 is 0 Å². The van der Waals surface area contributed by atoms with Crippen molar-refractivity contribution in [3.05, 3.63) is 137 Å². The maximum Gasteiger partial charge on any atom is 0.123 e. The Balaban J connectivity index is 1.81. The summed E-state index contributed by atoms with van der Waals surface area (Å²) >= 11 is 0. The van der Waals surface area contributed by atoms with Gasteiger partial charge in [-0.05, 0) is 54.6 Å². The molecule has 4 aromatic carbocycles. The third kappa shape index (κ3) is 4.52. The smallest absolute Gasteiger partial charge is 0.123 e. The van der Waals surface area contributed by atoms with E-state index in [1.165, 1.54) is 12.1 Å². The highest BCUT2D eigenvalue weighted by Crippen LogP contribution is 2.29. The molecule has 5 rings (SSSR count). The van der Waals surface area contributed by atoms with Gasteiger partial charge < -0.3 is 0 Å². The van der Waals surface area contributed by atoms with Gasteiger partial charge in [0.05, 0.1) is 22.3 Å². The van der Waals surface area contributed by atoms with Crippen molar-refractivity contribution in [3.8, 4) is 34.9 Å². The summed E-state index contributed by atoms with van der Waals surface area (Å²) < 4.78 is 13.6. The van der Waals surface area contributed by atoms with E-state index < -0.39 is 0 Å². The van der Waals surface area contributed by atoms with Crippen LogP contribution in [0, 0.1) is 29.5 Å². The van der Waals surface area contributed by atoms with Gasteiger partial charge in [-0.2, -0.15) is 0 Å². The Kier molecular flexibility index (Phi) is 5.66. The van der Waals surface area contributed by atoms with Gasteiger partial charge in [-0.25, -0.2) is 9.37 Å². The number of rotatable bonds is 1. The van der Waals surface area contributed by atoms with Crippen LogP contribution in [0.5, 0.6) is 0 Å². The maximum atomic E-state index is 13.6. The van der Waals surface area contributed by atoms with E-state index in [0.29, 0.717) is 5.69 Å². The van der Waals surface area contributed by atoms with Gasteiger partial charge in [-0.15, -0.1) is 0 Å². The predicted octanol–water partition coefficient (Wildman–Crippen LogP) is 6.84. The lowest BCUT2D eigenvalue weighted by atomic mass is 9.96. The predicted molar refractivity (Wildman–Crippen MR) is 132 cm³/mol. The lowest BCUT2D eigenvalue weighted by Gasteiger charge is -2.11. The first-order chi connectivity index (χ1) is 16.3. The number of benzene rings is 4. The Labute approximate surface area is 192 Å². The molecule has 1 nitrogen and oxygen atoms in total. The molecule has 154 valence electrons. The molecule has 0 radical (unpaired) electrons. The second-order valence-corrected chi connectivity index (χ2v) is 7.47. The summed E-state index contributed by atoms with van der Waals surface area (Å²) in [5.74, 6) is 12.9. The summed E-state index contributed by atoms with van der Waals surface area (Å²) in [6.07, 6.45) is 0. The molecule has 0 saturated heterocycles. The van der Waals surface area contributed by atoms with Crippen LogP contribution in [0.15, 0.2) is 109 Å². The van der Waals surface area contributed by atoms with E-state index in [1.807, 2.05) is 84.9 Å². The Bertz CT molecular complexity index is 1550. The van der Waals surface area contributed by atoms with E-state index in [2.05, 4.69) is 23.7 Å². The topological polar surface area (TPSA) is 12.9 Å². The number of pyridine rings is 1. The second-order valence-electron chi connectivity index (χ2n) is 7.47. The first-order valence-corrected chi connectivity index (χ1v) is 10.6. The number of hydrogen-bond donors (Lipinski definition) is 0. The number of para-hydroxylation sites is 1. The van der Waals surface area contributed by atoms with Crippen molar-refractivity contribution in [3.63, 3.8) is 0 Å². The van der Waals surface area contributed by atoms with Gasteiger partial charge in [0.25, 0.3) is 0 Å². The van der Waals surface area contributed by atoms with E-state index in [-0.39, 0.29) is 5.82 Å². The molecule has 0 aliphatic rings. The summed E-state index contributed by atoms with van der Waals surface area (Å²) in [6, 6.07) is 33.9. The van der Waals surface area contributed by atoms with Crippen molar-refractivity contribution >= 4 is 10.9 Å². The Morgan fingerprint density at radius 3 is 1.70 bits per heavy atom. The quantitative estimate of drug-likeness (QED) is 0.269. The summed E-state index contributed by atoms with van der Waals surface area (Å²) in [6.45, 7) is 0. The molecular weight excluding hydrogens is 405 g/mol. The van der Waals surface area contributed by atoms with E-state index in [0.717, 1.165) is 38.7 Å². The molecule has 2 heteroatoms. The minimum absolute atomic E-state index is 0.291. The van der Waals surface area contributed by atoms with Gasteiger partial charge in [0.2, 0.25) is 0 Å². The molecule has 1 heterocycles. The van der Waals surface area contributed by atoms with Gasteiger partial charge in [0.1, 0.15) is 5.82 Å². The summed E-state index contributed by atoms with van der Waals surface area (Å²) in [5, 5.41) is 0.934. The third-order valence-electron chi connectivity index (χ3n) is 5.22. The fraction of sp³-hybridized carbons (Fsp3) is 0. The molecule has 1 aromatic heterocycles. The molecule has 0 aliphatic carbocycles.